The Morgan fingerprint density at radius 3 is 2.43 bits per heavy atom. The molecule has 2 aliphatic heterocycles. The van der Waals surface area contributed by atoms with Crippen molar-refractivity contribution in [2.45, 2.75) is 31.7 Å². The first-order valence-corrected chi connectivity index (χ1v) is 17.5. The molecule has 0 radical (unpaired) electrons. The van der Waals surface area contributed by atoms with Crippen LogP contribution in [0.15, 0.2) is 97.6 Å². The van der Waals surface area contributed by atoms with Gasteiger partial charge in [-0.05, 0) is 51.7 Å². The van der Waals surface area contributed by atoms with E-state index in [4.69, 9.17) is 23.2 Å². The molecule has 11 nitrogen and oxygen atoms in total. The number of carbonyl (C=O) groups excluding carboxylic acids is 3. The van der Waals surface area contributed by atoms with Crippen LogP contribution in [0, 0.1) is 0 Å². The van der Waals surface area contributed by atoms with E-state index in [-0.39, 0.29) is 44.4 Å². The summed E-state index contributed by atoms with van der Waals surface area (Å²) in [5, 5.41) is 8.88. The molecule has 0 aromatic heterocycles. The van der Waals surface area contributed by atoms with Crippen LogP contribution < -0.4 is 10.0 Å². The molecule has 2 N–H and O–H groups in total. The molecule has 14 heteroatoms. The maximum atomic E-state index is 14.3. The number of anilines is 1. The minimum atomic E-state index is -2.83. The highest BCUT2D eigenvalue weighted by Gasteiger charge is 2.52. The van der Waals surface area contributed by atoms with Gasteiger partial charge in [-0.25, -0.2) is 13.2 Å². The van der Waals surface area contributed by atoms with Gasteiger partial charge in [0.05, 0.1) is 29.7 Å². The Morgan fingerprint density at radius 1 is 0.959 bits per heavy atom. The Morgan fingerprint density at radius 2 is 1.69 bits per heavy atom. The van der Waals surface area contributed by atoms with Crippen molar-refractivity contribution in [3.8, 4) is 0 Å². The van der Waals surface area contributed by atoms with E-state index in [9.17, 15) is 22.8 Å². The Balaban J connectivity index is 1.31. The molecule has 4 aromatic carbocycles. The minimum Gasteiger partial charge on any atom is -0.333 e. The highest BCUT2D eigenvalue weighted by Crippen LogP contribution is 2.31. The number of urea groups is 1. The molecule has 0 aliphatic carbocycles. The summed E-state index contributed by atoms with van der Waals surface area (Å²) in [7, 11) is -2.83. The number of rotatable bonds is 11. The van der Waals surface area contributed by atoms with Gasteiger partial charge in [-0.3, -0.25) is 19.3 Å². The lowest BCUT2D eigenvalue weighted by Gasteiger charge is -2.46. The van der Waals surface area contributed by atoms with E-state index in [1.165, 1.54) is 5.01 Å². The summed E-state index contributed by atoms with van der Waals surface area (Å²) in [6, 6.07) is 24.4. The zero-order valence-corrected chi connectivity index (χ0v) is 28.7. The molecule has 4 aromatic rings. The molecule has 0 saturated carbocycles. The van der Waals surface area contributed by atoms with Crippen molar-refractivity contribution in [3.05, 3.63) is 124 Å². The van der Waals surface area contributed by atoms with Gasteiger partial charge in [0.2, 0.25) is 22.7 Å². The maximum absolute atomic E-state index is 14.3. The number of piperazine rings is 1. The van der Waals surface area contributed by atoms with Crippen LogP contribution in [0.5, 0.6) is 0 Å². The Labute approximate surface area is 295 Å². The normalized spacial score (nSPS) is 17.8. The Hall–Kier alpha value is -4.62. The van der Waals surface area contributed by atoms with E-state index in [0.29, 0.717) is 22.3 Å². The first kappa shape index (κ1) is 34.3. The number of hydrogen-bond acceptors (Lipinski definition) is 6. The third kappa shape index (κ3) is 7.52. The number of benzene rings is 4. The smallest absolute Gasteiger partial charge is 0.332 e. The molecule has 2 saturated heterocycles. The summed E-state index contributed by atoms with van der Waals surface area (Å²) in [6.07, 6.45) is 1.12. The van der Waals surface area contributed by atoms with Crippen molar-refractivity contribution in [3.63, 3.8) is 0 Å². The summed E-state index contributed by atoms with van der Waals surface area (Å²) in [5.74, 6) is -0.510. The van der Waals surface area contributed by atoms with Crippen LogP contribution >= 0.6 is 23.2 Å². The van der Waals surface area contributed by atoms with Gasteiger partial charge < -0.3 is 15.1 Å². The number of carbonyl (C=O) groups is 3. The molecule has 2 atom stereocenters. The van der Waals surface area contributed by atoms with Gasteiger partial charge in [-0.2, -0.15) is 5.01 Å². The Kier molecular flexibility index (Phi) is 10.4. The molecule has 0 spiro atoms. The van der Waals surface area contributed by atoms with Gasteiger partial charge in [0.1, 0.15) is 12.2 Å². The summed E-state index contributed by atoms with van der Waals surface area (Å²) < 4.78 is 24.6. The van der Waals surface area contributed by atoms with E-state index in [0.717, 1.165) is 27.5 Å². The minimum absolute atomic E-state index is 0.114. The number of hydrazine groups is 1. The molecule has 0 bridgehead atoms. The van der Waals surface area contributed by atoms with Crippen LogP contribution in [-0.2, 0) is 40.0 Å². The van der Waals surface area contributed by atoms with Crippen LogP contribution in [0.4, 0.5) is 10.5 Å². The molecular weight excluding hydrogens is 687 g/mol. The molecule has 49 heavy (non-hydrogen) atoms. The number of fused-ring (bicyclic) bond motifs is 2. The summed E-state index contributed by atoms with van der Waals surface area (Å²) in [6.45, 7) is 4.46. The number of hydrogen-bond donors (Lipinski definition) is 3. The lowest BCUT2D eigenvalue weighted by Crippen LogP contribution is -2.66. The monoisotopic (exact) mass is 720 g/mol. The Bertz CT molecular complexity index is 1980. The van der Waals surface area contributed by atoms with Crippen molar-refractivity contribution in [2.24, 2.45) is 0 Å². The second-order valence-corrected chi connectivity index (χ2v) is 13.4. The fraction of sp³-hybridized carbons (Fsp3) is 0.229. The molecule has 0 unspecified atom stereocenters. The fourth-order valence-corrected chi connectivity index (χ4v) is 7.10. The molecule has 2 heterocycles. The van der Waals surface area contributed by atoms with Gasteiger partial charge in [0, 0.05) is 25.2 Å². The lowest BCUT2D eigenvalue weighted by molar-refractivity contribution is -0.157. The van der Waals surface area contributed by atoms with Gasteiger partial charge in [0.15, 0.2) is 0 Å². The van der Waals surface area contributed by atoms with Gasteiger partial charge in [-0.15, -0.1) is 6.58 Å². The molecule has 254 valence electrons. The largest absolute Gasteiger partial charge is 0.333 e. The van der Waals surface area contributed by atoms with Crippen LogP contribution in [0.2, 0.25) is 10.0 Å². The number of thiol groups is 1. The van der Waals surface area contributed by atoms with E-state index >= 15 is 0 Å². The SMILES string of the molecule is C=CCN(C(=O)NCc1ccc(Cl)c(Cl)c1)N1CC(=O)N2[C@@H](Cc3ccc(N[SH](=O)=O)cc3)C(=O)N(Cc3cccc4ccccc34)C[C@@H]21. The average molecular weight is 722 g/mol. The predicted molar refractivity (Wildman–Crippen MR) is 190 cm³/mol. The van der Waals surface area contributed by atoms with Crippen molar-refractivity contribution < 1.29 is 22.8 Å². The third-order valence-electron chi connectivity index (χ3n) is 8.69. The van der Waals surface area contributed by atoms with Gasteiger partial charge in [0.25, 0.3) is 0 Å². The van der Waals surface area contributed by atoms with E-state index in [1.54, 1.807) is 63.3 Å². The topological polar surface area (TPSA) is 122 Å². The standard InChI is InChI=1S/C35H34Cl2N6O5S/c1-2-16-41(35(46)38-19-24-12-15-29(36)30(37)17-24)42-22-33(44)43-31(18-23-10-13-27(14-11-23)39-49(47)48)34(45)40(21-32(42)43)20-26-8-5-7-25-6-3-4-9-28(25)26/h2-15,17,31-32,49H,1,16,18-22H2,(H,38,46)(H,39,47,48)/t31-,32+/m0/s1. The predicted octanol–water partition coefficient (Wildman–Crippen LogP) is 4.82. The van der Waals surface area contributed by atoms with E-state index in [2.05, 4.69) is 16.6 Å². The zero-order chi connectivity index (χ0) is 34.7. The zero-order valence-electron chi connectivity index (χ0n) is 26.3. The average Bonchev–Trinajstić information content (AvgIpc) is 3.41. The van der Waals surface area contributed by atoms with Crippen molar-refractivity contribution in [1.29, 1.82) is 0 Å². The van der Waals surface area contributed by atoms with E-state index < -0.39 is 29.1 Å². The van der Waals surface area contributed by atoms with Crippen molar-refractivity contribution >= 4 is 68.4 Å². The van der Waals surface area contributed by atoms with Crippen LogP contribution in [0.1, 0.15) is 16.7 Å². The number of halogens is 2. The first-order valence-electron chi connectivity index (χ1n) is 15.6. The molecule has 4 amide bonds. The van der Waals surface area contributed by atoms with Crippen molar-refractivity contribution in [2.75, 3.05) is 24.4 Å². The lowest BCUT2D eigenvalue weighted by atomic mass is 9.99. The molecular formula is C35H34Cl2N6O5S. The maximum Gasteiger partial charge on any atom is 0.332 e. The summed E-state index contributed by atoms with van der Waals surface area (Å²) in [4.78, 5) is 45.1. The van der Waals surface area contributed by atoms with Crippen LogP contribution in [0.3, 0.4) is 0 Å². The van der Waals surface area contributed by atoms with Crippen LogP contribution in [-0.4, -0.2) is 77.9 Å². The first-order chi connectivity index (χ1) is 23.6. The highest BCUT2D eigenvalue weighted by molar-refractivity contribution is 7.73. The summed E-state index contributed by atoms with van der Waals surface area (Å²) in [5.41, 5.74) is 2.83. The number of nitrogens with one attached hydrogen (secondary N) is 2. The third-order valence-corrected chi connectivity index (χ3v) is 9.87. The second kappa shape index (κ2) is 14.9. The van der Waals surface area contributed by atoms with Crippen LogP contribution in [0.25, 0.3) is 10.8 Å². The molecule has 2 aliphatic rings. The summed E-state index contributed by atoms with van der Waals surface area (Å²) >= 11 is 12.2. The van der Waals surface area contributed by atoms with E-state index in [1.807, 2.05) is 42.5 Å². The number of nitrogens with zero attached hydrogens (tertiary/aromatic N) is 4. The highest BCUT2D eigenvalue weighted by atomic mass is 35.5. The number of amides is 4. The fourth-order valence-electron chi connectivity index (χ4n) is 6.42. The quantitative estimate of drug-likeness (QED) is 0.151. The van der Waals surface area contributed by atoms with Gasteiger partial charge in [-0.1, -0.05) is 89.9 Å². The van der Waals surface area contributed by atoms with Gasteiger partial charge >= 0.3 is 6.03 Å². The molecule has 6 rings (SSSR count). The molecule has 2 fully saturated rings. The second-order valence-electron chi connectivity index (χ2n) is 11.8. The van der Waals surface area contributed by atoms with Crippen molar-refractivity contribution in [1.82, 2.24) is 25.1 Å².